The summed E-state index contributed by atoms with van der Waals surface area (Å²) in [5, 5.41) is 11.2. The second kappa shape index (κ2) is 7.48. The minimum absolute atomic E-state index is 0.0470. The Morgan fingerprint density at radius 2 is 1.83 bits per heavy atom. The van der Waals surface area contributed by atoms with Crippen LogP contribution in [0.25, 0.3) is 0 Å². The predicted molar refractivity (Wildman–Crippen MR) is 69.4 cm³/mol. The highest BCUT2D eigenvalue weighted by Gasteiger charge is 2.03. The van der Waals surface area contributed by atoms with Crippen LogP contribution in [0, 0.1) is 6.92 Å². The molecule has 1 aromatic carbocycles. The molecule has 0 fully saturated rings. The first-order valence-electron chi connectivity index (χ1n) is 6.12. The van der Waals surface area contributed by atoms with Gasteiger partial charge in [-0.1, -0.05) is 29.8 Å². The maximum atomic E-state index is 11.4. The van der Waals surface area contributed by atoms with Crippen LogP contribution in [0.4, 0.5) is 0 Å². The molecule has 0 aliphatic carbocycles. The molecule has 0 bridgehead atoms. The Hall–Kier alpha value is -1.84. The normalized spacial score (nSPS) is 10.1. The Morgan fingerprint density at radius 3 is 2.44 bits per heavy atom. The lowest BCUT2D eigenvalue weighted by Crippen LogP contribution is -2.25. The van der Waals surface area contributed by atoms with Crippen LogP contribution in [-0.2, 0) is 16.0 Å². The van der Waals surface area contributed by atoms with E-state index in [1.165, 1.54) is 11.1 Å². The first-order chi connectivity index (χ1) is 8.58. The van der Waals surface area contributed by atoms with Crippen molar-refractivity contribution in [2.45, 2.75) is 32.6 Å². The van der Waals surface area contributed by atoms with Crippen LogP contribution < -0.4 is 5.32 Å². The Balaban J connectivity index is 2.15. The highest BCUT2D eigenvalue weighted by atomic mass is 16.4. The molecule has 2 N–H and O–H groups in total. The maximum Gasteiger partial charge on any atom is 0.303 e. The number of amides is 1. The third-order valence-corrected chi connectivity index (χ3v) is 2.65. The smallest absolute Gasteiger partial charge is 0.303 e. The monoisotopic (exact) mass is 249 g/mol. The number of aliphatic carboxylic acids is 1. The molecule has 4 nitrogen and oxygen atoms in total. The summed E-state index contributed by atoms with van der Waals surface area (Å²) in [6.07, 6.45) is 1.52. The third kappa shape index (κ3) is 6.03. The van der Waals surface area contributed by atoms with E-state index in [0.29, 0.717) is 13.0 Å². The van der Waals surface area contributed by atoms with E-state index in [4.69, 9.17) is 5.11 Å². The second-order valence-electron chi connectivity index (χ2n) is 4.33. The molecule has 1 rings (SSSR count). The lowest BCUT2D eigenvalue weighted by atomic mass is 10.1. The van der Waals surface area contributed by atoms with Crippen LogP contribution in [0.3, 0.4) is 0 Å². The highest BCUT2D eigenvalue weighted by molar-refractivity contribution is 5.76. The molecule has 0 spiro atoms. The molecule has 0 aliphatic rings. The standard InChI is InChI=1S/C14H19NO3/c1-11-5-7-12(8-6-11)9-10-15-13(16)3-2-4-14(17)18/h5-8H,2-4,9-10H2,1H3,(H,15,16)(H,17,18). The first kappa shape index (κ1) is 14.2. The topological polar surface area (TPSA) is 66.4 Å². The molecule has 1 aromatic rings. The number of carboxylic acids is 1. The summed E-state index contributed by atoms with van der Waals surface area (Å²) in [7, 11) is 0. The van der Waals surface area contributed by atoms with Gasteiger partial charge in [0.2, 0.25) is 5.91 Å². The van der Waals surface area contributed by atoms with E-state index in [9.17, 15) is 9.59 Å². The summed E-state index contributed by atoms with van der Waals surface area (Å²) < 4.78 is 0. The first-order valence-corrected chi connectivity index (χ1v) is 6.12. The van der Waals surface area contributed by atoms with Crippen molar-refractivity contribution in [2.24, 2.45) is 0 Å². The zero-order chi connectivity index (χ0) is 13.4. The van der Waals surface area contributed by atoms with Gasteiger partial charge < -0.3 is 10.4 Å². The fourth-order valence-corrected chi connectivity index (χ4v) is 1.59. The van der Waals surface area contributed by atoms with E-state index in [1.807, 2.05) is 31.2 Å². The SMILES string of the molecule is Cc1ccc(CCNC(=O)CCCC(=O)O)cc1. The summed E-state index contributed by atoms with van der Waals surface area (Å²) in [5.41, 5.74) is 2.41. The van der Waals surface area contributed by atoms with Crippen molar-refractivity contribution in [1.82, 2.24) is 5.32 Å². The summed E-state index contributed by atoms with van der Waals surface area (Å²) >= 11 is 0. The lowest BCUT2D eigenvalue weighted by molar-refractivity contribution is -0.137. The quantitative estimate of drug-likeness (QED) is 0.775. The molecule has 0 saturated carbocycles. The molecular weight excluding hydrogens is 230 g/mol. The molecule has 0 atom stereocenters. The number of rotatable bonds is 7. The fourth-order valence-electron chi connectivity index (χ4n) is 1.59. The summed E-state index contributed by atoms with van der Waals surface area (Å²) in [6, 6.07) is 8.19. The van der Waals surface area contributed by atoms with Gasteiger partial charge in [-0.25, -0.2) is 0 Å². The molecule has 0 aromatic heterocycles. The zero-order valence-corrected chi connectivity index (χ0v) is 10.6. The fraction of sp³-hybridized carbons (Fsp3) is 0.429. The minimum atomic E-state index is -0.859. The summed E-state index contributed by atoms with van der Waals surface area (Å²) in [5.74, 6) is -0.939. The summed E-state index contributed by atoms with van der Waals surface area (Å²) in [4.78, 5) is 21.6. The van der Waals surface area contributed by atoms with Crippen molar-refractivity contribution in [3.8, 4) is 0 Å². The Morgan fingerprint density at radius 1 is 1.17 bits per heavy atom. The summed E-state index contributed by atoms with van der Waals surface area (Å²) in [6.45, 7) is 2.63. The van der Waals surface area contributed by atoms with Crippen LogP contribution in [0.5, 0.6) is 0 Å². The Bertz CT molecular complexity index is 398. The van der Waals surface area contributed by atoms with Gasteiger partial charge in [-0.2, -0.15) is 0 Å². The predicted octanol–water partition coefficient (Wildman–Crippen LogP) is 1.91. The molecule has 98 valence electrons. The lowest BCUT2D eigenvalue weighted by Gasteiger charge is -2.05. The molecule has 0 unspecified atom stereocenters. The van der Waals surface area contributed by atoms with E-state index in [1.54, 1.807) is 0 Å². The molecule has 0 radical (unpaired) electrons. The van der Waals surface area contributed by atoms with Gasteiger partial charge >= 0.3 is 5.97 Å². The number of carbonyl (C=O) groups is 2. The van der Waals surface area contributed by atoms with Gasteiger partial charge in [-0.3, -0.25) is 9.59 Å². The van der Waals surface area contributed by atoms with Crippen LogP contribution in [0.1, 0.15) is 30.4 Å². The number of hydrogen-bond donors (Lipinski definition) is 2. The van der Waals surface area contributed by atoms with Gasteiger partial charge in [0.05, 0.1) is 0 Å². The van der Waals surface area contributed by atoms with Crippen molar-refractivity contribution >= 4 is 11.9 Å². The van der Waals surface area contributed by atoms with E-state index < -0.39 is 5.97 Å². The van der Waals surface area contributed by atoms with Crippen molar-refractivity contribution in [1.29, 1.82) is 0 Å². The number of nitrogens with one attached hydrogen (secondary N) is 1. The van der Waals surface area contributed by atoms with Crippen molar-refractivity contribution in [2.75, 3.05) is 6.54 Å². The van der Waals surface area contributed by atoms with Crippen LogP contribution >= 0.6 is 0 Å². The van der Waals surface area contributed by atoms with E-state index >= 15 is 0 Å². The van der Waals surface area contributed by atoms with Crippen LogP contribution in [0.15, 0.2) is 24.3 Å². The van der Waals surface area contributed by atoms with Crippen LogP contribution in [0.2, 0.25) is 0 Å². The largest absolute Gasteiger partial charge is 0.481 e. The molecule has 0 saturated heterocycles. The Kier molecular flexibility index (Phi) is 5.91. The number of carbonyl (C=O) groups excluding carboxylic acids is 1. The Labute approximate surface area is 107 Å². The van der Waals surface area contributed by atoms with E-state index in [2.05, 4.69) is 5.32 Å². The molecule has 0 aliphatic heterocycles. The van der Waals surface area contributed by atoms with Gasteiger partial charge in [-0.15, -0.1) is 0 Å². The van der Waals surface area contributed by atoms with E-state index in [-0.39, 0.29) is 18.7 Å². The molecule has 4 heteroatoms. The van der Waals surface area contributed by atoms with Crippen molar-refractivity contribution in [3.63, 3.8) is 0 Å². The minimum Gasteiger partial charge on any atom is -0.481 e. The van der Waals surface area contributed by atoms with Gasteiger partial charge in [-0.05, 0) is 25.3 Å². The van der Waals surface area contributed by atoms with Gasteiger partial charge in [0.1, 0.15) is 0 Å². The van der Waals surface area contributed by atoms with Crippen LogP contribution in [-0.4, -0.2) is 23.5 Å². The average molecular weight is 249 g/mol. The molecule has 1 amide bonds. The van der Waals surface area contributed by atoms with Gasteiger partial charge in [0, 0.05) is 19.4 Å². The third-order valence-electron chi connectivity index (χ3n) is 2.65. The number of aryl methyl sites for hydroxylation is 1. The zero-order valence-electron chi connectivity index (χ0n) is 10.6. The van der Waals surface area contributed by atoms with Crippen molar-refractivity contribution in [3.05, 3.63) is 35.4 Å². The van der Waals surface area contributed by atoms with Crippen molar-refractivity contribution < 1.29 is 14.7 Å². The molecule has 0 heterocycles. The van der Waals surface area contributed by atoms with Gasteiger partial charge in [0.25, 0.3) is 0 Å². The number of hydrogen-bond acceptors (Lipinski definition) is 2. The number of carboxylic acid groups (broad SMARTS) is 1. The van der Waals surface area contributed by atoms with Gasteiger partial charge in [0.15, 0.2) is 0 Å². The average Bonchev–Trinajstić information content (AvgIpc) is 2.31. The molecule has 18 heavy (non-hydrogen) atoms. The highest BCUT2D eigenvalue weighted by Crippen LogP contribution is 2.03. The number of benzene rings is 1. The second-order valence-corrected chi connectivity index (χ2v) is 4.33. The van der Waals surface area contributed by atoms with E-state index in [0.717, 1.165) is 6.42 Å². The molecular formula is C14H19NO3. The maximum absolute atomic E-state index is 11.4.